The average molecular weight is 283 g/mol. The summed E-state index contributed by atoms with van der Waals surface area (Å²) in [6, 6.07) is 11.0. The van der Waals surface area contributed by atoms with Crippen molar-refractivity contribution < 1.29 is 4.74 Å². The smallest absolute Gasteiger partial charge is 0.266 e. The molecule has 1 aromatic heterocycles. The molecule has 1 aromatic carbocycles. The highest BCUT2D eigenvalue weighted by atomic mass is 16.5. The number of aromatic amines is 1. The summed E-state index contributed by atoms with van der Waals surface area (Å²) in [5, 5.41) is 8.95. The zero-order chi connectivity index (χ0) is 15.2. The number of benzene rings is 1. The summed E-state index contributed by atoms with van der Waals surface area (Å²) in [4.78, 5) is 14.2. The summed E-state index contributed by atoms with van der Waals surface area (Å²) in [5.74, 6) is 0.773. The predicted octanol–water partition coefficient (Wildman–Crippen LogP) is 1.95. The second-order valence-electron chi connectivity index (χ2n) is 4.68. The minimum absolute atomic E-state index is 0.110. The highest BCUT2D eigenvalue weighted by Gasteiger charge is 2.07. The molecule has 1 heterocycles. The minimum Gasteiger partial charge on any atom is -0.494 e. The van der Waals surface area contributed by atoms with E-state index < -0.39 is 0 Å². The minimum atomic E-state index is -0.361. The summed E-state index contributed by atoms with van der Waals surface area (Å²) >= 11 is 0. The molecule has 0 fully saturated rings. The van der Waals surface area contributed by atoms with Gasteiger partial charge in [-0.25, -0.2) is 0 Å². The van der Waals surface area contributed by atoms with Crippen molar-refractivity contribution in [1.29, 1.82) is 5.26 Å². The van der Waals surface area contributed by atoms with Gasteiger partial charge in [-0.2, -0.15) is 5.26 Å². The predicted molar refractivity (Wildman–Crippen MR) is 81.1 cm³/mol. The third-order valence-electron chi connectivity index (χ3n) is 3.14. The van der Waals surface area contributed by atoms with Crippen molar-refractivity contribution in [2.24, 2.45) is 5.73 Å². The third-order valence-corrected chi connectivity index (χ3v) is 3.14. The van der Waals surface area contributed by atoms with Crippen molar-refractivity contribution in [3.63, 3.8) is 0 Å². The molecule has 0 bridgehead atoms. The van der Waals surface area contributed by atoms with Crippen molar-refractivity contribution >= 4 is 0 Å². The second kappa shape index (κ2) is 6.73. The summed E-state index contributed by atoms with van der Waals surface area (Å²) in [6.07, 6.45) is 0.812. The lowest BCUT2D eigenvalue weighted by Gasteiger charge is -2.09. The Morgan fingerprint density at radius 1 is 1.33 bits per heavy atom. The van der Waals surface area contributed by atoms with Crippen LogP contribution in [0.5, 0.6) is 5.75 Å². The molecule has 5 heteroatoms. The number of aryl methyl sites for hydroxylation is 1. The van der Waals surface area contributed by atoms with Crippen LogP contribution in [0.4, 0.5) is 0 Å². The molecule has 0 aliphatic heterocycles. The van der Waals surface area contributed by atoms with Gasteiger partial charge in [0, 0.05) is 11.3 Å². The Morgan fingerprint density at radius 2 is 2.05 bits per heavy atom. The van der Waals surface area contributed by atoms with E-state index in [1.165, 1.54) is 0 Å². The van der Waals surface area contributed by atoms with Crippen molar-refractivity contribution in [3.8, 4) is 22.9 Å². The number of H-pyrrole nitrogens is 1. The van der Waals surface area contributed by atoms with Gasteiger partial charge >= 0.3 is 0 Å². The van der Waals surface area contributed by atoms with E-state index in [1.807, 2.05) is 37.3 Å². The normalized spacial score (nSPS) is 10.1. The fourth-order valence-corrected chi connectivity index (χ4v) is 2.01. The SMILES string of the molecule is Cc1[nH]c(=O)c(C#N)cc1-c1ccc(OCCCN)cc1. The Hall–Kier alpha value is -2.58. The first-order chi connectivity index (χ1) is 10.2. The van der Waals surface area contributed by atoms with Crippen molar-refractivity contribution in [2.45, 2.75) is 13.3 Å². The Morgan fingerprint density at radius 3 is 2.67 bits per heavy atom. The van der Waals surface area contributed by atoms with Gasteiger partial charge in [0.1, 0.15) is 17.4 Å². The number of nitriles is 1. The Bertz CT molecular complexity index is 712. The molecular formula is C16H17N3O2. The molecule has 0 radical (unpaired) electrons. The first-order valence-electron chi connectivity index (χ1n) is 6.73. The van der Waals surface area contributed by atoms with Gasteiger partial charge in [-0.3, -0.25) is 4.79 Å². The van der Waals surface area contributed by atoms with Crippen molar-refractivity contribution in [2.75, 3.05) is 13.2 Å². The van der Waals surface area contributed by atoms with Gasteiger partial charge in [-0.1, -0.05) is 12.1 Å². The summed E-state index contributed by atoms with van der Waals surface area (Å²) in [6.45, 7) is 3.00. The third kappa shape index (κ3) is 3.50. The van der Waals surface area contributed by atoms with Crippen molar-refractivity contribution in [1.82, 2.24) is 4.98 Å². The number of nitrogens with zero attached hydrogens (tertiary/aromatic N) is 1. The lowest BCUT2D eigenvalue weighted by Crippen LogP contribution is -2.11. The molecule has 0 atom stereocenters. The molecule has 5 nitrogen and oxygen atoms in total. The van der Waals surface area contributed by atoms with E-state index in [2.05, 4.69) is 4.98 Å². The molecule has 0 saturated heterocycles. The van der Waals surface area contributed by atoms with Gasteiger partial charge in [0.15, 0.2) is 0 Å². The van der Waals surface area contributed by atoms with Crippen LogP contribution >= 0.6 is 0 Å². The maximum absolute atomic E-state index is 11.5. The summed E-state index contributed by atoms with van der Waals surface area (Å²) < 4.78 is 5.54. The maximum atomic E-state index is 11.5. The van der Waals surface area contributed by atoms with Crippen LogP contribution in [0.3, 0.4) is 0 Å². The molecule has 2 rings (SSSR count). The number of hydrogen-bond acceptors (Lipinski definition) is 4. The van der Waals surface area contributed by atoms with E-state index in [0.717, 1.165) is 29.0 Å². The standard InChI is InChI=1S/C16H17N3O2/c1-11-15(9-13(10-18)16(20)19-11)12-3-5-14(6-4-12)21-8-2-7-17/h3-6,9H,2,7-8,17H2,1H3,(H,19,20). The molecule has 0 aliphatic rings. The zero-order valence-electron chi connectivity index (χ0n) is 11.8. The fourth-order valence-electron chi connectivity index (χ4n) is 2.01. The molecule has 0 spiro atoms. The van der Waals surface area contributed by atoms with Crippen LogP contribution in [0.2, 0.25) is 0 Å². The number of aromatic nitrogens is 1. The largest absolute Gasteiger partial charge is 0.494 e. The quantitative estimate of drug-likeness (QED) is 0.820. The number of hydrogen-bond donors (Lipinski definition) is 2. The van der Waals surface area contributed by atoms with E-state index in [-0.39, 0.29) is 11.1 Å². The van der Waals surface area contributed by atoms with Crippen LogP contribution in [0, 0.1) is 18.3 Å². The van der Waals surface area contributed by atoms with Crippen LogP contribution in [-0.2, 0) is 0 Å². The van der Waals surface area contributed by atoms with Gasteiger partial charge < -0.3 is 15.5 Å². The van der Waals surface area contributed by atoms with E-state index in [0.29, 0.717) is 13.2 Å². The maximum Gasteiger partial charge on any atom is 0.266 e. The van der Waals surface area contributed by atoms with Gasteiger partial charge in [0.25, 0.3) is 5.56 Å². The molecule has 3 N–H and O–H groups in total. The molecule has 0 amide bonds. The molecular weight excluding hydrogens is 266 g/mol. The van der Waals surface area contributed by atoms with E-state index in [4.69, 9.17) is 15.7 Å². The topological polar surface area (TPSA) is 91.9 Å². The molecule has 2 aromatic rings. The molecule has 0 unspecified atom stereocenters. The van der Waals surface area contributed by atoms with Crippen LogP contribution in [0.15, 0.2) is 35.1 Å². The molecule has 21 heavy (non-hydrogen) atoms. The first kappa shape index (κ1) is 14.8. The Balaban J connectivity index is 2.27. The molecule has 0 saturated carbocycles. The highest BCUT2D eigenvalue weighted by Crippen LogP contribution is 2.24. The zero-order valence-corrected chi connectivity index (χ0v) is 11.8. The summed E-state index contributed by atoms with van der Waals surface area (Å²) in [7, 11) is 0. The molecule has 0 aliphatic carbocycles. The van der Waals surface area contributed by atoms with Crippen LogP contribution in [0.1, 0.15) is 17.7 Å². The van der Waals surface area contributed by atoms with Gasteiger partial charge in [0.2, 0.25) is 0 Å². The molecule has 108 valence electrons. The number of pyridine rings is 1. The lowest BCUT2D eigenvalue weighted by atomic mass is 10.0. The number of nitrogens with one attached hydrogen (secondary N) is 1. The van der Waals surface area contributed by atoms with Gasteiger partial charge in [-0.05, 0) is 43.7 Å². The van der Waals surface area contributed by atoms with Crippen molar-refractivity contribution in [3.05, 3.63) is 51.9 Å². The van der Waals surface area contributed by atoms with Crippen LogP contribution in [-0.4, -0.2) is 18.1 Å². The number of nitrogens with two attached hydrogens (primary N) is 1. The fraction of sp³-hybridized carbons (Fsp3) is 0.250. The van der Waals surface area contributed by atoms with E-state index in [9.17, 15) is 4.79 Å². The average Bonchev–Trinajstić information content (AvgIpc) is 2.49. The van der Waals surface area contributed by atoms with E-state index >= 15 is 0 Å². The van der Waals surface area contributed by atoms with E-state index in [1.54, 1.807) is 6.07 Å². The number of rotatable bonds is 5. The highest BCUT2D eigenvalue weighted by molar-refractivity contribution is 5.67. The van der Waals surface area contributed by atoms with Gasteiger partial charge in [-0.15, -0.1) is 0 Å². The van der Waals surface area contributed by atoms with Crippen LogP contribution in [0.25, 0.3) is 11.1 Å². The Kier molecular flexibility index (Phi) is 4.75. The monoisotopic (exact) mass is 283 g/mol. The van der Waals surface area contributed by atoms with Gasteiger partial charge in [0.05, 0.1) is 6.61 Å². The lowest BCUT2D eigenvalue weighted by molar-refractivity contribution is 0.313. The summed E-state index contributed by atoms with van der Waals surface area (Å²) in [5.41, 5.74) is 7.65. The van der Waals surface area contributed by atoms with Crippen LogP contribution < -0.4 is 16.0 Å². The Labute approximate surface area is 123 Å². The second-order valence-corrected chi connectivity index (χ2v) is 4.68. The first-order valence-corrected chi connectivity index (χ1v) is 6.73. The number of ether oxygens (including phenoxy) is 1.